The minimum Gasteiger partial charge on any atom is -0.394 e. The minimum atomic E-state index is -1.30. The summed E-state index contributed by atoms with van der Waals surface area (Å²) in [7, 11) is -1.30. The maximum absolute atomic E-state index is 9.66. The van der Waals surface area contributed by atoms with E-state index in [2.05, 4.69) is 55.5 Å². The van der Waals surface area contributed by atoms with Gasteiger partial charge in [-0.3, -0.25) is 0 Å². The largest absolute Gasteiger partial charge is 0.394 e. The molecule has 0 spiro atoms. The molecule has 1 rings (SSSR count). The van der Waals surface area contributed by atoms with Gasteiger partial charge in [0.15, 0.2) is 0 Å². The van der Waals surface area contributed by atoms with E-state index in [9.17, 15) is 5.11 Å². The molecule has 0 aliphatic rings. The zero-order chi connectivity index (χ0) is 15.7. The maximum atomic E-state index is 9.66. The highest BCUT2D eigenvalue weighted by Gasteiger charge is 2.15. The number of aliphatic hydroxyl groups is 1. The highest BCUT2D eigenvalue weighted by molar-refractivity contribution is 6.83. The Morgan fingerprint density at radius 3 is 2.38 bits per heavy atom. The summed E-state index contributed by atoms with van der Waals surface area (Å²) in [6.07, 6.45) is 3.07. The molecule has 0 unspecified atom stereocenters. The molecule has 0 aromatic heterocycles. The van der Waals surface area contributed by atoms with Gasteiger partial charge in [-0.25, -0.2) is 0 Å². The molecule has 0 saturated heterocycles. The van der Waals surface area contributed by atoms with Crippen LogP contribution in [0.2, 0.25) is 19.6 Å². The average Bonchev–Trinajstić information content (AvgIpc) is 2.44. The molecular formula is C18H29NOSi. The minimum absolute atomic E-state index is 0.00330. The normalized spacial score (nSPS) is 14.1. The lowest BCUT2D eigenvalue weighted by Gasteiger charge is -2.23. The molecule has 0 saturated carbocycles. The van der Waals surface area contributed by atoms with Gasteiger partial charge in [-0.15, -0.1) is 11.5 Å². The quantitative estimate of drug-likeness (QED) is 0.594. The van der Waals surface area contributed by atoms with Crippen LogP contribution in [0.1, 0.15) is 37.8 Å². The second kappa shape index (κ2) is 9.04. The fourth-order valence-corrected chi connectivity index (χ4v) is 2.89. The van der Waals surface area contributed by atoms with Gasteiger partial charge in [-0.2, -0.15) is 0 Å². The predicted octanol–water partition coefficient (Wildman–Crippen LogP) is 3.75. The topological polar surface area (TPSA) is 32.3 Å². The van der Waals surface area contributed by atoms with E-state index in [1.807, 2.05) is 18.2 Å². The molecule has 0 aliphatic carbocycles. The van der Waals surface area contributed by atoms with Crippen LogP contribution in [-0.4, -0.2) is 25.8 Å². The predicted molar refractivity (Wildman–Crippen MR) is 93.8 cm³/mol. The first-order chi connectivity index (χ1) is 9.96. The van der Waals surface area contributed by atoms with Crippen LogP contribution in [0, 0.1) is 11.5 Å². The Morgan fingerprint density at radius 2 is 1.86 bits per heavy atom. The van der Waals surface area contributed by atoms with Crippen LogP contribution in [0.25, 0.3) is 0 Å². The third-order valence-corrected chi connectivity index (χ3v) is 4.20. The summed E-state index contributed by atoms with van der Waals surface area (Å²) in [6.45, 7) is 9.11. The van der Waals surface area contributed by atoms with E-state index in [-0.39, 0.29) is 12.6 Å². The third kappa shape index (κ3) is 7.47. The fourth-order valence-electron chi connectivity index (χ4n) is 2.26. The van der Waals surface area contributed by atoms with Crippen LogP contribution in [0.3, 0.4) is 0 Å². The van der Waals surface area contributed by atoms with Crippen molar-refractivity contribution in [3.8, 4) is 11.5 Å². The van der Waals surface area contributed by atoms with E-state index in [4.69, 9.17) is 0 Å². The van der Waals surface area contributed by atoms with Crippen molar-refractivity contribution in [3.63, 3.8) is 0 Å². The number of rotatable bonds is 7. The smallest absolute Gasteiger partial charge is 0.129 e. The lowest BCUT2D eigenvalue weighted by Crippen LogP contribution is -2.34. The Hall–Kier alpha value is -1.08. The summed E-state index contributed by atoms with van der Waals surface area (Å²) >= 11 is 0. The van der Waals surface area contributed by atoms with Gasteiger partial charge < -0.3 is 10.4 Å². The molecule has 116 valence electrons. The van der Waals surface area contributed by atoms with Crippen molar-refractivity contribution >= 4 is 8.07 Å². The monoisotopic (exact) mass is 303 g/mol. The van der Waals surface area contributed by atoms with Crippen LogP contribution in [-0.2, 0) is 0 Å². The molecule has 1 aromatic carbocycles. The highest BCUT2D eigenvalue weighted by atomic mass is 28.3. The maximum Gasteiger partial charge on any atom is 0.129 e. The molecule has 3 heteroatoms. The SMILES string of the molecule is CCC[C@@H](CC#C[Si](C)(C)C)N[C@@H](CO)c1ccccc1. The van der Waals surface area contributed by atoms with Crippen molar-refractivity contribution < 1.29 is 5.11 Å². The van der Waals surface area contributed by atoms with E-state index in [1.54, 1.807) is 0 Å². The lowest BCUT2D eigenvalue weighted by molar-refractivity contribution is 0.230. The molecule has 1 aromatic rings. The summed E-state index contributed by atoms with van der Waals surface area (Å²) in [5, 5.41) is 13.2. The molecule has 0 fully saturated rings. The zero-order valence-electron chi connectivity index (χ0n) is 13.8. The van der Waals surface area contributed by atoms with Crippen LogP contribution >= 0.6 is 0 Å². The molecule has 0 amide bonds. The number of nitrogens with one attached hydrogen (secondary N) is 1. The van der Waals surface area contributed by atoms with E-state index >= 15 is 0 Å². The Labute approximate surface area is 131 Å². The first-order valence-electron chi connectivity index (χ1n) is 7.88. The van der Waals surface area contributed by atoms with E-state index in [1.165, 1.54) is 0 Å². The fraction of sp³-hybridized carbons (Fsp3) is 0.556. The molecule has 21 heavy (non-hydrogen) atoms. The van der Waals surface area contributed by atoms with Gasteiger partial charge in [0, 0.05) is 12.5 Å². The van der Waals surface area contributed by atoms with Crippen LogP contribution < -0.4 is 5.32 Å². The third-order valence-electron chi connectivity index (χ3n) is 3.27. The van der Waals surface area contributed by atoms with Crippen molar-refractivity contribution in [1.82, 2.24) is 5.32 Å². The number of hydrogen-bond donors (Lipinski definition) is 2. The average molecular weight is 304 g/mol. The standard InChI is InChI=1S/C18H29NOSi/c1-5-10-17(13-9-14-21(2,3)4)19-18(15-20)16-11-7-6-8-12-16/h6-8,11-12,17-20H,5,10,13,15H2,1-4H3/t17-,18-/m0/s1. The zero-order valence-corrected chi connectivity index (χ0v) is 14.8. The molecule has 2 nitrogen and oxygen atoms in total. The van der Waals surface area contributed by atoms with Gasteiger partial charge in [0.05, 0.1) is 12.6 Å². The molecule has 0 aliphatic heterocycles. The molecular weight excluding hydrogens is 274 g/mol. The second-order valence-corrected chi connectivity index (χ2v) is 11.3. The van der Waals surface area contributed by atoms with Crippen molar-refractivity contribution in [3.05, 3.63) is 35.9 Å². The van der Waals surface area contributed by atoms with Gasteiger partial charge in [0.2, 0.25) is 0 Å². The van der Waals surface area contributed by atoms with Crippen molar-refractivity contribution in [2.24, 2.45) is 0 Å². The second-order valence-electron chi connectivity index (χ2n) is 6.55. The Balaban J connectivity index is 2.69. The van der Waals surface area contributed by atoms with Crippen molar-refractivity contribution in [1.29, 1.82) is 0 Å². The highest BCUT2D eigenvalue weighted by Crippen LogP contribution is 2.15. The van der Waals surface area contributed by atoms with Gasteiger partial charge in [0.1, 0.15) is 8.07 Å². The number of aliphatic hydroxyl groups excluding tert-OH is 1. The van der Waals surface area contributed by atoms with E-state index in [0.717, 1.165) is 24.8 Å². The summed E-state index contributed by atoms with van der Waals surface area (Å²) in [4.78, 5) is 0. The molecule has 2 atom stereocenters. The van der Waals surface area contributed by atoms with E-state index < -0.39 is 8.07 Å². The van der Waals surface area contributed by atoms with Gasteiger partial charge in [-0.1, -0.05) is 63.3 Å². The molecule has 0 radical (unpaired) electrons. The summed E-state index contributed by atoms with van der Waals surface area (Å²) in [6, 6.07) is 10.5. The van der Waals surface area contributed by atoms with Crippen molar-refractivity contribution in [2.45, 2.75) is 57.9 Å². The van der Waals surface area contributed by atoms with Crippen LogP contribution in [0.15, 0.2) is 30.3 Å². The molecule has 0 bridgehead atoms. The van der Waals surface area contributed by atoms with Crippen LogP contribution in [0.5, 0.6) is 0 Å². The Bertz CT molecular complexity index is 456. The van der Waals surface area contributed by atoms with E-state index in [0.29, 0.717) is 6.04 Å². The first kappa shape index (κ1) is 18.0. The summed E-state index contributed by atoms with van der Waals surface area (Å²) in [5.41, 5.74) is 4.57. The molecule has 0 heterocycles. The van der Waals surface area contributed by atoms with Crippen molar-refractivity contribution in [2.75, 3.05) is 6.61 Å². The van der Waals surface area contributed by atoms with Gasteiger partial charge in [-0.05, 0) is 12.0 Å². The Morgan fingerprint density at radius 1 is 1.19 bits per heavy atom. The Kier molecular flexibility index (Phi) is 7.74. The lowest BCUT2D eigenvalue weighted by atomic mass is 10.0. The summed E-state index contributed by atoms with van der Waals surface area (Å²) in [5.74, 6) is 3.36. The van der Waals surface area contributed by atoms with Gasteiger partial charge in [0.25, 0.3) is 0 Å². The van der Waals surface area contributed by atoms with Gasteiger partial charge >= 0.3 is 0 Å². The first-order valence-corrected chi connectivity index (χ1v) is 11.4. The summed E-state index contributed by atoms with van der Waals surface area (Å²) < 4.78 is 0. The number of hydrogen-bond acceptors (Lipinski definition) is 2. The number of benzene rings is 1. The van der Waals surface area contributed by atoms with Crippen LogP contribution in [0.4, 0.5) is 0 Å². The molecule has 2 N–H and O–H groups in total.